The van der Waals surface area contributed by atoms with Gasteiger partial charge in [-0.1, -0.05) is 49.0 Å². The van der Waals surface area contributed by atoms with E-state index in [2.05, 4.69) is 29.8 Å². The van der Waals surface area contributed by atoms with Gasteiger partial charge in [-0.25, -0.2) is 4.79 Å². The van der Waals surface area contributed by atoms with Crippen LogP contribution in [-0.4, -0.2) is 19.2 Å². The second kappa shape index (κ2) is 11.7. The van der Waals surface area contributed by atoms with Crippen LogP contribution in [0.15, 0.2) is 53.0 Å². The molecule has 1 atom stereocenters. The predicted molar refractivity (Wildman–Crippen MR) is 111 cm³/mol. The van der Waals surface area contributed by atoms with E-state index in [1.807, 2.05) is 24.3 Å². The first-order chi connectivity index (χ1) is 13.1. The van der Waals surface area contributed by atoms with Gasteiger partial charge in [-0.3, -0.25) is 0 Å². The molecule has 0 fully saturated rings. The first kappa shape index (κ1) is 21.3. The highest BCUT2D eigenvalue weighted by molar-refractivity contribution is 9.10. The largest absolute Gasteiger partial charge is 0.493 e. The van der Waals surface area contributed by atoms with E-state index in [1.165, 1.54) is 19.3 Å². The van der Waals surface area contributed by atoms with E-state index >= 15 is 0 Å². The smallest absolute Gasteiger partial charge is 0.349 e. The Balaban J connectivity index is 1.74. The molecule has 0 bridgehead atoms. The van der Waals surface area contributed by atoms with Crippen molar-refractivity contribution in [1.29, 1.82) is 0 Å². The zero-order chi connectivity index (χ0) is 19.5. The summed E-state index contributed by atoms with van der Waals surface area (Å²) in [6.45, 7) is 5.00. The highest BCUT2D eigenvalue weighted by Gasteiger charge is 2.08. The van der Waals surface area contributed by atoms with Gasteiger partial charge in [0.15, 0.2) is 6.61 Å². The fraction of sp³-hybridized carbons (Fsp3) is 0.409. The lowest BCUT2D eigenvalue weighted by Gasteiger charge is -2.15. The number of benzene rings is 2. The maximum Gasteiger partial charge on any atom is 0.349 e. The molecule has 0 aliphatic carbocycles. The molecule has 5 heteroatoms. The zero-order valence-electron chi connectivity index (χ0n) is 15.9. The van der Waals surface area contributed by atoms with Crippen molar-refractivity contribution in [3.63, 3.8) is 0 Å². The van der Waals surface area contributed by atoms with Crippen LogP contribution < -0.4 is 14.2 Å². The number of ether oxygens (including phenoxy) is 3. The Bertz CT molecular complexity index is 682. The Morgan fingerprint density at radius 2 is 1.52 bits per heavy atom. The van der Waals surface area contributed by atoms with Gasteiger partial charge in [-0.15, -0.1) is 0 Å². The first-order valence-corrected chi connectivity index (χ1v) is 10.2. The van der Waals surface area contributed by atoms with Gasteiger partial charge in [0, 0.05) is 4.47 Å². The Kier molecular flexibility index (Phi) is 9.19. The van der Waals surface area contributed by atoms with Crippen molar-refractivity contribution in [2.75, 3.05) is 13.2 Å². The quantitative estimate of drug-likeness (QED) is 0.319. The summed E-state index contributed by atoms with van der Waals surface area (Å²) >= 11 is 3.34. The molecule has 4 nitrogen and oxygen atoms in total. The molecule has 0 heterocycles. The van der Waals surface area contributed by atoms with Gasteiger partial charge in [0.2, 0.25) is 0 Å². The molecule has 0 saturated carbocycles. The van der Waals surface area contributed by atoms with Gasteiger partial charge in [0.05, 0.1) is 6.61 Å². The van der Waals surface area contributed by atoms with Crippen molar-refractivity contribution >= 4 is 21.9 Å². The summed E-state index contributed by atoms with van der Waals surface area (Å²) in [5.74, 6) is 2.06. The molecule has 0 spiro atoms. The third kappa shape index (κ3) is 8.04. The summed E-state index contributed by atoms with van der Waals surface area (Å²) < 4.78 is 17.5. The van der Waals surface area contributed by atoms with E-state index < -0.39 is 5.97 Å². The van der Waals surface area contributed by atoms with Gasteiger partial charge in [0.25, 0.3) is 0 Å². The fourth-order valence-electron chi connectivity index (χ4n) is 2.55. The molecular formula is C22H27BrO4. The minimum Gasteiger partial charge on any atom is -0.493 e. The maximum absolute atomic E-state index is 11.9. The van der Waals surface area contributed by atoms with Crippen LogP contribution in [0.5, 0.6) is 17.2 Å². The molecule has 27 heavy (non-hydrogen) atoms. The summed E-state index contributed by atoms with van der Waals surface area (Å²) in [4.78, 5) is 11.9. The van der Waals surface area contributed by atoms with Gasteiger partial charge >= 0.3 is 5.97 Å². The lowest BCUT2D eigenvalue weighted by molar-refractivity contribution is -0.136. The molecule has 0 saturated heterocycles. The highest BCUT2D eigenvalue weighted by Crippen LogP contribution is 2.21. The maximum atomic E-state index is 11.9. The predicted octanol–water partition coefficient (Wildman–Crippen LogP) is 6.03. The minimum absolute atomic E-state index is 0.148. The molecule has 0 N–H and O–H groups in total. The van der Waals surface area contributed by atoms with Crippen LogP contribution in [0, 0.1) is 5.92 Å². The van der Waals surface area contributed by atoms with Crippen molar-refractivity contribution in [1.82, 2.24) is 0 Å². The molecule has 2 aromatic carbocycles. The summed E-state index contributed by atoms with van der Waals surface area (Å²) in [5, 5.41) is 0. The topological polar surface area (TPSA) is 44.8 Å². The van der Waals surface area contributed by atoms with Crippen molar-refractivity contribution in [2.24, 2.45) is 5.92 Å². The molecule has 1 unspecified atom stereocenters. The molecule has 0 aliphatic heterocycles. The Hall–Kier alpha value is -2.01. The average molecular weight is 435 g/mol. The summed E-state index contributed by atoms with van der Waals surface area (Å²) in [7, 11) is 0. The van der Waals surface area contributed by atoms with Crippen LogP contribution in [0.1, 0.15) is 39.5 Å². The average Bonchev–Trinajstić information content (AvgIpc) is 2.69. The van der Waals surface area contributed by atoms with Gasteiger partial charge in [-0.2, -0.15) is 0 Å². The summed E-state index contributed by atoms with van der Waals surface area (Å²) in [6, 6.07) is 14.4. The number of hydrogen-bond acceptors (Lipinski definition) is 4. The molecule has 146 valence electrons. The summed E-state index contributed by atoms with van der Waals surface area (Å²) in [5.41, 5.74) is 0. The van der Waals surface area contributed by atoms with Crippen LogP contribution >= 0.6 is 15.9 Å². The van der Waals surface area contributed by atoms with Gasteiger partial charge in [-0.05, 0) is 60.9 Å². The van der Waals surface area contributed by atoms with Crippen LogP contribution in [0.3, 0.4) is 0 Å². The van der Waals surface area contributed by atoms with Crippen LogP contribution in [-0.2, 0) is 4.79 Å². The molecule has 0 radical (unpaired) electrons. The van der Waals surface area contributed by atoms with Crippen molar-refractivity contribution in [2.45, 2.75) is 39.5 Å². The molecule has 0 aromatic heterocycles. The first-order valence-electron chi connectivity index (χ1n) is 9.42. The zero-order valence-corrected chi connectivity index (χ0v) is 17.5. The van der Waals surface area contributed by atoms with Crippen LogP contribution in [0.25, 0.3) is 0 Å². The second-order valence-corrected chi connectivity index (χ2v) is 7.33. The SMILES string of the molecule is CCCCC(CC)COc1ccc(OCC(=O)Oc2ccc(Br)cc2)cc1. The third-order valence-electron chi connectivity index (χ3n) is 4.25. The van der Waals surface area contributed by atoms with Crippen LogP contribution in [0.2, 0.25) is 0 Å². The lowest BCUT2D eigenvalue weighted by atomic mass is 10.0. The number of carbonyl (C=O) groups is 1. The van der Waals surface area contributed by atoms with E-state index in [1.54, 1.807) is 24.3 Å². The highest BCUT2D eigenvalue weighted by atomic mass is 79.9. The number of esters is 1. The number of unbranched alkanes of at least 4 members (excludes halogenated alkanes) is 1. The third-order valence-corrected chi connectivity index (χ3v) is 4.78. The standard InChI is InChI=1S/C22H27BrO4/c1-3-5-6-17(4-2)15-25-19-11-13-20(14-12-19)26-16-22(24)27-21-9-7-18(23)8-10-21/h7-14,17H,3-6,15-16H2,1-2H3. The fourth-order valence-corrected chi connectivity index (χ4v) is 2.81. The second-order valence-electron chi connectivity index (χ2n) is 6.42. The van der Waals surface area contributed by atoms with E-state index in [4.69, 9.17) is 14.2 Å². The monoisotopic (exact) mass is 434 g/mol. The summed E-state index contributed by atoms with van der Waals surface area (Å²) in [6.07, 6.45) is 4.79. The Labute approximate surface area is 170 Å². The van der Waals surface area contributed by atoms with Crippen LogP contribution in [0.4, 0.5) is 0 Å². The molecule has 2 aromatic rings. The van der Waals surface area contributed by atoms with Gasteiger partial charge in [0.1, 0.15) is 17.2 Å². The van der Waals surface area contributed by atoms with E-state index in [9.17, 15) is 4.79 Å². The molecule has 0 amide bonds. The number of rotatable bonds is 11. The Morgan fingerprint density at radius 1 is 0.926 bits per heavy atom. The normalized spacial score (nSPS) is 11.7. The Morgan fingerprint density at radius 3 is 2.11 bits per heavy atom. The van der Waals surface area contributed by atoms with Crippen molar-refractivity contribution < 1.29 is 19.0 Å². The number of carbonyl (C=O) groups excluding carboxylic acids is 1. The minimum atomic E-state index is -0.445. The number of hydrogen-bond donors (Lipinski definition) is 0. The lowest BCUT2D eigenvalue weighted by Crippen LogP contribution is -2.17. The van der Waals surface area contributed by atoms with E-state index in [0.29, 0.717) is 17.4 Å². The molecular weight excluding hydrogens is 408 g/mol. The van der Waals surface area contributed by atoms with E-state index in [0.717, 1.165) is 23.2 Å². The van der Waals surface area contributed by atoms with Crippen molar-refractivity contribution in [3.05, 3.63) is 53.0 Å². The number of halogens is 1. The van der Waals surface area contributed by atoms with E-state index in [-0.39, 0.29) is 6.61 Å². The van der Waals surface area contributed by atoms with Crippen molar-refractivity contribution in [3.8, 4) is 17.2 Å². The molecule has 2 rings (SSSR count). The molecule has 0 aliphatic rings. The van der Waals surface area contributed by atoms with Gasteiger partial charge < -0.3 is 14.2 Å².